The molecule has 184 valence electrons. The SMILES string of the molecule is CN(Cc1cccc(-c2cnc(NCCc3ccccn3)nc2)c1)C(=O)CNC(=O)OC(C)(C)C. The number of carbonyl (C=O) groups is 2. The molecule has 0 radical (unpaired) electrons. The number of rotatable bonds is 9. The van der Waals surface area contributed by atoms with Gasteiger partial charge in [-0.25, -0.2) is 14.8 Å². The molecule has 0 fully saturated rings. The van der Waals surface area contributed by atoms with Gasteiger partial charge in [-0.2, -0.15) is 0 Å². The first-order chi connectivity index (χ1) is 16.7. The van der Waals surface area contributed by atoms with Crippen molar-refractivity contribution in [1.82, 2.24) is 25.2 Å². The first kappa shape index (κ1) is 25.6. The van der Waals surface area contributed by atoms with Crippen molar-refractivity contribution in [3.63, 3.8) is 0 Å². The summed E-state index contributed by atoms with van der Waals surface area (Å²) in [5, 5.41) is 5.70. The van der Waals surface area contributed by atoms with Gasteiger partial charge in [-0.05, 0) is 50.1 Å². The Labute approximate surface area is 206 Å². The highest BCUT2D eigenvalue weighted by molar-refractivity contribution is 5.82. The lowest BCUT2D eigenvalue weighted by Gasteiger charge is -2.21. The molecule has 1 aromatic carbocycles. The smallest absolute Gasteiger partial charge is 0.408 e. The minimum Gasteiger partial charge on any atom is -0.444 e. The zero-order valence-corrected chi connectivity index (χ0v) is 20.6. The third kappa shape index (κ3) is 8.69. The Morgan fingerprint density at radius 2 is 1.77 bits per heavy atom. The van der Waals surface area contributed by atoms with Crippen molar-refractivity contribution in [3.05, 3.63) is 72.3 Å². The van der Waals surface area contributed by atoms with Crippen molar-refractivity contribution >= 4 is 17.9 Å². The molecule has 0 atom stereocenters. The molecule has 9 nitrogen and oxygen atoms in total. The van der Waals surface area contributed by atoms with Crippen LogP contribution in [0.3, 0.4) is 0 Å². The number of nitrogens with zero attached hydrogens (tertiary/aromatic N) is 4. The standard InChI is InChI=1S/C26H32N6O3/c1-26(2,3)35-25(34)31-17-23(33)32(4)18-19-8-7-9-20(14-19)21-15-29-24(30-16-21)28-13-11-22-10-5-6-12-27-22/h5-10,12,14-16H,11,13,17-18H2,1-4H3,(H,31,34)(H,28,29,30). The molecule has 3 aromatic rings. The zero-order valence-electron chi connectivity index (χ0n) is 20.6. The maximum atomic E-state index is 12.4. The Balaban J connectivity index is 1.51. The van der Waals surface area contributed by atoms with Crippen LogP contribution in [0.2, 0.25) is 0 Å². The summed E-state index contributed by atoms with van der Waals surface area (Å²) < 4.78 is 5.16. The predicted molar refractivity (Wildman–Crippen MR) is 135 cm³/mol. The number of alkyl carbamates (subject to hydrolysis) is 1. The van der Waals surface area contributed by atoms with E-state index in [0.29, 0.717) is 19.0 Å². The van der Waals surface area contributed by atoms with Gasteiger partial charge in [0.1, 0.15) is 12.1 Å². The van der Waals surface area contributed by atoms with Gasteiger partial charge in [0, 0.05) is 56.4 Å². The third-order valence-corrected chi connectivity index (χ3v) is 4.93. The van der Waals surface area contributed by atoms with Crippen LogP contribution in [0.1, 0.15) is 32.0 Å². The number of likely N-dealkylation sites (N-methyl/N-ethyl adjacent to an activating group) is 1. The van der Waals surface area contributed by atoms with E-state index in [1.54, 1.807) is 51.3 Å². The molecular formula is C26H32N6O3. The number of ether oxygens (including phenoxy) is 1. The monoisotopic (exact) mass is 476 g/mol. The van der Waals surface area contributed by atoms with Gasteiger partial charge in [0.15, 0.2) is 0 Å². The van der Waals surface area contributed by atoms with E-state index >= 15 is 0 Å². The highest BCUT2D eigenvalue weighted by Crippen LogP contribution is 2.20. The average molecular weight is 477 g/mol. The number of aromatic nitrogens is 3. The van der Waals surface area contributed by atoms with Crippen LogP contribution in [0.4, 0.5) is 10.7 Å². The van der Waals surface area contributed by atoms with Crippen LogP contribution in [0.5, 0.6) is 0 Å². The molecule has 9 heteroatoms. The number of hydrogen-bond donors (Lipinski definition) is 2. The number of benzene rings is 1. The largest absolute Gasteiger partial charge is 0.444 e. The van der Waals surface area contributed by atoms with Gasteiger partial charge in [-0.15, -0.1) is 0 Å². The summed E-state index contributed by atoms with van der Waals surface area (Å²) in [4.78, 5) is 38.9. The van der Waals surface area contributed by atoms with Gasteiger partial charge in [0.05, 0.1) is 0 Å². The minimum absolute atomic E-state index is 0.131. The molecule has 2 amide bonds. The Kier molecular flexibility index (Phi) is 8.72. The van der Waals surface area contributed by atoms with E-state index in [9.17, 15) is 9.59 Å². The molecule has 0 bridgehead atoms. The van der Waals surface area contributed by atoms with E-state index < -0.39 is 11.7 Å². The normalized spacial score (nSPS) is 11.0. The van der Waals surface area contributed by atoms with Crippen LogP contribution in [0.15, 0.2) is 61.1 Å². The fraction of sp³-hybridized carbons (Fsp3) is 0.346. The summed E-state index contributed by atoms with van der Waals surface area (Å²) in [5.41, 5.74) is 3.18. The van der Waals surface area contributed by atoms with Gasteiger partial charge in [0.25, 0.3) is 0 Å². The quantitative estimate of drug-likeness (QED) is 0.485. The summed E-state index contributed by atoms with van der Waals surface area (Å²) in [7, 11) is 1.69. The molecule has 0 aliphatic heterocycles. The van der Waals surface area contributed by atoms with Crippen LogP contribution in [0, 0.1) is 0 Å². The Hall–Kier alpha value is -4.01. The van der Waals surface area contributed by atoms with Crippen molar-refractivity contribution in [2.75, 3.05) is 25.5 Å². The Morgan fingerprint density at radius 1 is 1.00 bits per heavy atom. The van der Waals surface area contributed by atoms with E-state index in [1.807, 2.05) is 42.5 Å². The highest BCUT2D eigenvalue weighted by atomic mass is 16.6. The lowest BCUT2D eigenvalue weighted by atomic mass is 10.1. The van der Waals surface area contributed by atoms with Crippen LogP contribution < -0.4 is 10.6 Å². The van der Waals surface area contributed by atoms with Crippen LogP contribution >= 0.6 is 0 Å². The Bertz CT molecular complexity index is 1110. The second-order valence-electron chi connectivity index (χ2n) is 9.10. The van der Waals surface area contributed by atoms with Crippen molar-refractivity contribution in [1.29, 1.82) is 0 Å². The van der Waals surface area contributed by atoms with Crippen molar-refractivity contribution in [2.24, 2.45) is 0 Å². The van der Waals surface area contributed by atoms with Crippen LogP contribution in [0.25, 0.3) is 11.1 Å². The van der Waals surface area contributed by atoms with Crippen LogP contribution in [-0.2, 0) is 22.5 Å². The molecule has 0 aliphatic rings. The van der Waals surface area contributed by atoms with Gasteiger partial charge in [0.2, 0.25) is 11.9 Å². The predicted octanol–water partition coefficient (Wildman–Crippen LogP) is 3.68. The average Bonchev–Trinajstić information content (AvgIpc) is 2.83. The molecule has 0 saturated carbocycles. The lowest BCUT2D eigenvalue weighted by molar-refractivity contribution is -0.129. The van der Waals surface area contributed by atoms with E-state index in [1.165, 1.54) is 0 Å². The fourth-order valence-electron chi connectivity index (χ4n) is 3.22. The Morgan fingerprint density at radius 3 is 2.46 bits per heavy atom. The number of pyridine rings is 1. The number of anilines is 1. The molecule has 2 heterocycles. The second-order valence-corrected chi connectivity index (χ2v) is 9.10. The first-order valence-corrected chi connectivity index (χ1v) is 11.5. The van der Waals surface area contributed by atoms with Gasteiger partial charge in [-0.3, -0.25) is 9.78 Å². The third-order valence-electron chi connectivity index (χ3n) is 4.93. The van der Waals surface area contributed by atoms with E-state index in [4.69, 9.17) is 4.74 Å². The lowest BCUT2D eigenvalue weighted by Crippen LogP contribution is -2.40. The second kappa shape index (κ2) is 11.9. The van der Waals surface area contributed by atoms with E-state index in [-0.39, 0.29) is 12.5 Å². The van der Waals surface area contributed by atoms with Crippen molar-refractivity contribution < 1.29 is 14.3 Å². The minimum atomic E-state index is -0.615. The molecule has 3 rings (SSSR count). The van der Waals surface area contributed by atoms with Gasteiger partial charge < -0.3 is 20.3 Å². The molecule has 0 aliphatic carbocycles. The summed E-state index contributed by atoms with van der Waals surface area (Å²) in [5.74, 6) is 0.342. The number of carbonyl (C=O) groups excluding carboxylic acids is 2. The molecule has 2 aromatic heterocycles. The number of amides is 2. The molecule has 0 unspecified atom stereocenters. The summed E-state index contributed by atoms with van der Waals surface area (Å²) in [6.07, 6.45) is 5.50. The van der Waals surface area contributed by atoms with E-state index in [0.717, 1.165) is 28.8 Å². The van der Waals surface area contributed by atoms with Crippen molar-refractivity contribution in [2.45, 2.75) is 39.3 Å². The van der Waals surface area contributed by atoms with Gasteiger partial charge >= 0.3 is 6.09 Å². The number of hydrogen-bond acceptors (Lipinski definition) is 7. The summed E-state index contributed by atoms with van der Waals surface area (Å²) in [6, 6.07) is 13.7. The first-order valence-electron chi connectivity index (χ1n) is 11.5. The topological polar surface area (TPSA) is 109 Å². The fourth-order valence-corrected chi connectivity index (χ4v) is 3.22. The zero-order chi connectivity index (χ0) is 25.3. The number of nitrogens with one attached hydrogen (secondary N) is 2. The van der Waals surface area contributed by atoms with Crippen molar-refractivity contribution in [3.8, 4) is 11.1 Å². The molecule has 0 saturated heterocycles. The highest BCUT2D eigenvalue weighted by Gasteiger charge is 2.17. The maximum absolute atomic E-state index is 12.4. The molecular weight excluding hydrogens is 444 g/mol. The maximum Gasteiger partial charge on any atom is 0.408 e. The summed E-state index contributed by atoms with van der Waals surface area (Å²) in [6.45, 7) is 6.27. The van der Waals surface area contributed by atoms with Crippen LogP contribution in [-0.4, -0.2) is 57.6 Å². The molecule has 2 N–H and O–H groups in total. The van der Waals surface area contributed by atoms with E-state index in [2.05, 4.69) is 25.6 Å². The van der Waals surface area contributed by atoms with Gasteiger partial charge in [-0.1, -0.05) is 24.3 Å². The molecule has 0 spiro atoms. The summed E-state index contributed by atoms with van der Waals surface area (Å²) >= 11 is 0. The molecule has 35 heavy (non-hydrogen) atoms.